The second kappa shape index (κ2) is 18.7. The first-order chi connectivity index (χ1) is 22.7. The molecule has 4 N–H and O–H groups in total. The minimum atomic E-state index is -0.123. The van der Waals surface area contributed by atoms with Crippen LogP contribution in [0.2, 0.25) is 0 Å². The highest BCUT2D eigenvalue weighted by molar-refractivity contribution is 5.90. The third kappa shape index (κ3) is 11.2. The Balaban J connectivity index is 1.01. The first kappa shape index (κ1) is 34.0. The van der Waals surface area contributed by atoms with E-state index in [2.05, 4.69) is 42.5 Å². The molecule has 0 atom stereocenters. The van der Waals surface area contributed by atoms with E-state index in [1.807, 2.05) is 29.1 Å². The van der Waals surface area contributed by atoms with E-state index in [0.717, 1.165) is 106 Å². The zero-order valence-electron chi connectivity index (χ0n) is 27.7. The molecular weight excluding hydrogens is 580 g/mol. The van der Waals surface area contributed by atoms with Gasteiger partial charge in [0.25, 0.3) is 0 Å². The van der Waals surface area contributed by atoms with Crippen LogP contribution < -0.4 is 21.3 Å². The van der Waals surface area contributed by atoms with Crippen molar-refractivity contribution >= 4 is 28.6 Å². The van der Waals surface area contributed by atoms with Gasteiger partial charge in [0.05, 0.1) is 25.4 Å². The van der Waals surface area contributed by atoms with Crippen molar-refractivity contribution in [1.29, 1.82) is 0 Å². The molecule has 12 heteroatoms. The number of aromatic nitrogens is 5. The van der Waals surface area contributed by atoms with Crippen LogP contribution >= 0.6 is 0 Å². The zero-order valence-corrected chi connectivity index (χ0v) is 27.7. The van der Waals surface area contributed by atoms with E-state index >= 15 is 0 Å². The highest BCUT2D eigenvalue weighted by Gasteiger charge is 2.20. The van der Waals surface area contributed by atoms with E-state index in [-0.39, 0.29) is 5.97 Å². The maximum absolute atomic E-state index is 11.3. The van der Waals surface area contributed by atoms with Crippen LogP contribution in [0.15, 0.2) is 30.5 Å². The lowest BCUT2D eigenvalue weighted by atomic mass is 9.95. The normalized spacial score (nSPS) is 16.5. The molecule has 0 radical (unpaired) electrons. The molecule has 3 aromatic rings. The van der Waals surface area contributed by atoms with Gasteiger partial charge in [-0.2, -0.15) is 4.98 Å². The first-order valence-corrected chi connectivity index (χ1v) is 17.6. The summed E-state index contributed by atoms with van der Waals surface area (Å²) in [5.74, 6) is 1.33. The van der Waals surface area contributed by atoms with Crippen LogP contribution in [-0.4, -0.2) is 94.3 Å². The Morgan fingerprint density at radius 3 is 2.59 bits per heavy atom. The Hall–Kier alpha value is -3.35. The van der Waals surface area contributed by atoms with Crippen molar-refractivity contribution < 1.29 is 9.53 Å². The molecule has 1 aliphatic carbocycles. The van der Waals surface area contributed by atoms with Crippen molar-refractivity contribution in [2.24, 2.45) is 0 Å². The van der Waals surface area contributed by atoms with Gasteiger partial charge in [0, 0.05) is 43.5 Å². The van der Waals surface area contributed by atoms with Crippen molar-refractivity contribution in [3.05, 3.63) is 36.2 Å². The number of anilines is 2. The molecule has 1 aliphatic heterocycles. The highest BCUT2D eigenvalue weighted by Crippen LogP contribution is 2.25. The maximum atomic E-state index is 11.3. The number of methoxy groups -OCH3 is 1. The van der Waals surface area contributed by atoms with Gasteiger partial charge in [-0.25, -0.2) is 4.98 Å². The van der Waals surface area contributed by atoms with Crippen LogP contribution in [-0.2, 0) is 22.6 Å². The number of piperidine rings is 1. The Bertz CT molecular complexity index is 1320. The number of ether oxygens (including phenoxy) is 1. The lowest BCUT2D eigenvalue weighted by Gasteiger charge is -2.32. The van der Waals surface area contributed by atoms with Crippen LogP contribution in [0, 0.1) is 0 Å². The molecular formula is C34H54N10O2. The number of benzene rings is 1. The van der Waals surface area contributed by atoms with Gasteiger partial charge in [-0.05, 0) is 89.7 Å². The minimum absolute atomic E-state index is 0.123. The van der Waals surface area contributed by atoms with Gasteiger partial charge in [-0.3, -0.25) is 9.48 Å². The van der Waals surface area contributed by atoms with Crippen LogP contribution in [0.4, 0.5) is 11.8 Å². The summed E-state index contributed by atoms with van der Waals surface area (Å²) >= 11 is 0. The minimum Gasteiger partial charge on any atom is -0.469 e. The van der Waals surface area contributed by atoms with Gasteiger partial charge in [0.1, 0.15) is 11.5 Å². The average Bonchev–Trinajstić information content (AvgIpc) is 3.55. The third-order valence-corrected chi connectivity index (χ3v) is 9.19. The smallest absolute Gasteiger partial charge is 0.305 e. The standard InChI is InChI=1S/C34H54N10O2/c1-46-32(45)15-7-8-21-43-23-16-28(17-24-43)38-33-30-13-5-6-14-31(30)39-34(40-33)37-25-29-26-44(42-41-29)22-10-19-35-18-9-20-36-27-11-3-2-4-12-27/h5-6,13-14,26-28,35-36H,2-4,7-12,15-25H2,1H3,(H2,37,38,39,40). The summed E-state index contributed by atoms with van der Waals surface area (Å²) in [6.07, 6.45) is 15.6. The Kier molecular flexibility index (Phi) is 13.8. The number of para-hydroxylation sites is 1. The predicted molar refractivity (Wildman–Crippen MR) is 183 cm³/mol. The van der Waals surface area contributed by atoms with E-state index < -0.39 is 0 Å². The van der Waals surface area contributed by atoms with Gasteiger partial charge >= 0.3 is 5.97 Å². The lowest BCUT2D eigenvalue weighted by Crippen LogP contribution is -2.39. The van der Waals surface area contributed by atoms with E-state index in [9.17, 15) is 4.79 Å². The molecule has 0 bridgehead atoms. The molecule has 3 heterocycles. The number of hydrogen-bond acceptors (Lipinski definition) is 11. The number of nitrogens with one attached hydrogen (secondary N) is 4. The fourth-order valence-corrected chi connectivity index (χ4v) is 6.48. The van der Waals surface area contributed by atoms with Gasteiger partial charge in [-0.15, -0.1) is 5.10 Å². The molecule has 0 spiro atoms. The number of carbonyl (C=O) groups is 1. The molecule has 1 saturated heterocycles. The molecule has 46 heavy (non-hydrogen) atoms. The van der Waals surface area contributed by atoms with Gasteiger partial charge < -0.3 is 30.9 Å². The van der Waals surface area contributed by atoms with Crippen molar-refractivity contribution in [2.75, 3.05) is 57.0 Å². The average molecular weight is 635 g/mol. The summed E-state index contributed by atoms with van der Waals surface area (Å²) in [6.45, 7) is 7.58. The molecule has 0 unspecified atom stereocenters. The van der Waals surface area contributed by atoms with Gasteiger partial charge in [-0.1, -0.05) is 36.6 Å². The summed E-state index contributed by atoms with van der Waals surface area (Å²) in [4.78, 5) is 23.5. The molecule has 5 rings (SSSR count). The van der Waals surface area contributed by atoms with Gasteiger partial charge in [0.2, 0.25) is 5.95 Å². The van der Waals surface area contributed by atoms with E-state index in [4.69, 9.17) is 14.7 Å². The number of carbonyl (C=O) groups excluding carboxylic acids is 1. The summed E-state index contributed by atoms with van der Waals surface area (Å²) in [6, 6.07) is 9.24. The summed E-state index contributed by atoms with van der Waals surface area (Å²) in [5.41, 5.74) is 1.78. The number of aryl methyl sites for hydroxylation is 1. The molecule has 252 valence electrons. The van der Waals surface area contributed by atoms with Crippen molar-refractivity contribution in [3.63, 3.8) is 0 Å². The topological polar surface area (TPSA) is 134 Å². The zero-order chi connectivity index (χ0) is 31.8. The van der Waals surface area contributed by atoms with Crippen LogP contribution in [0.25, 0.3) is 10.9 Å². The summed E-state index contributed by atoms with van der Waals surface area (Å²) in [7, 11) is 1.45. The SMILES string of the molecule is COC(=O)CCCCN1CCC(Nc2nc(NCc3cn(CCCNCCCNC4CCCCC4)nn3)nc3ccccc23)CC1. The Morgan fingerprint density at radius 2 is 1.74 bits per heavy atom. The number of likely N-dealkylation sites (tertiary alicyclic amines) is 1. The Labute approximate surface area is 273 Å². The van der Waals surface area contributed by atoms with Crippen LogP contribution in [0.1, 0.15) is 82.7 Å². The van der Waals surface area contributed by atoms with Gasteiger partial charge in [0.15, 0.2) is 0 Å². The monoisotopic (exact) mass is 634 g/mol. The number of hydrogen-bond donors (Lipinski definition) is 4. The van der Waals surface area contributed by atoms with E-state index in [0.29, 0.717) is 25.0 Å². The fourth-order valence-electron chi connectivity index (χ4n) is 6.48. The number of nitrogens with zero attached hydrogens (tertiary/aromatic N) is 6. The molecule has 2 aliphatic rings. The fraction of sp³-hybridized carbons (Fsp3) is 0.676. The predicted octanol–water partition coefficient (Wildman–Crippen LogP) is 4.35. The van der Waals surface area contributed by atoms with Crippen molar-refractivity contribution in [1.82, 2.24) is 40.5 Å². The van der Waals surface area contributed by atoms with Crippen molar-refractivity contribution in [3.8, 4) is 0 Å². The van der Waals surface area contributed by atoms with E-state index in [1.54, 1.807) is 0 Å². The Morgan fingerprint density at radius 1 is 0.913 bits per heavy atom. The molecule has 1 aromatic carbocycles. The molecule has 1 saturated carbocycles. The van der Waals surface area contributed by atoms with Crippen LogP contribution in [0.5, 0.6) is 0 Å². The number of esters is 1. The molecule has 0 amide bonds. The maximum Gasteiger partial charge on any atom is 0.305 e. The largest absolute Gasteiger partial charge is 0.469 e. The van der Waals surface area contributed by atoms with Crippen molar-refractivity contribution in [2.45, 2.75) is 102 Å². The quantitative estimate of drug-likeness (QED) is 0.111. The summed E-state index contributed by atoms with van der Waals surface area (Å²) in [5, 5.41) is 24.1. The van der Waals surface area contributed by atoms with E-state index in [1.165, 1.54) is 45.6 Å². The number of fused-ring (bicyclic) bond motifs is 1. The second-order valence-electron chi connectivity index (χ2n) is 12.8. The first-order valence-electron chi connectivity index (χ1n) is 17.6. The number of unbranched alkanes of at least 4 members (excludes halogenated alkanes) is 1. The molecule has 2 fully saturated rings. The molecule has 2 aromatic heterocycles. The third-order valence-electron chi connectivity index (χ3n) is 9.19. The summed E-state index contributed by atoms with van der Waals surface area (Å²) < 4.78 is 6.66. The highest BCUT2D eigenvalue weighted by atomic mass is 16.5. The number of rotatable bonds is 19. The molecule has 12 nitrogen and oxygen atoms in total. The second-order valence-corrected chi connectivity index (χ2v) is 12.8. The van der Waals surface area contributed by atoms with Crippen LogP contribution in [0.3, 0.4) is 0 Å². The lowest BCUT2D eigenvalue weighted by molar-refractivity contribution is -0.140.